The van der Waals surface area contributed by atoms with Crippen molar-refractivity contribution in [3.63, 3.8) is 0 Å². The van der Waals surface area contributed by atoms with Gasteiger partial charge in [-0.05, 0) is 36.4 Å². The van der Waals surface area contributed by atoms with Crippen molar-refractivity contribution in [1.29, 1.82) is 0 Å². The van der Waals surface area contributed by atoms with Crippen LogP contribution in [0.25, 0.3) is 22.0 Å². The summed E-state index contributed by atoms with van der Waals surface area (Å²) in [6.07, 6.45) is 4.51. The number of benzene rings is 2. The molecule has 1 aliphatic rings. The minimum atomic E-state index is 1.08. The monoisotopic (exact) mass is 274 g/mol. The van der Waals surface area contributed by atoms with Crippen molar-refractivity contribution in [3.8, 4) is 11.3 Å². The Hall–Kier alpha value is -2.35. The predicted molar refractivity (Wildman–Crippen MR) is 88.6 cm³/mol. The molecule has 0 aliphatic carbocycles. The van der Waals surface area contributed by atoms with Gasteiger partial charge in [-0.2, -0.15) is 0 Å². The van der Waals surface area contributed by atoms with Crippen molar-refractivity contribution in [2.45, 2.75) is 12.8 Å². The summed E-state index contributed by atoms with van der Waals surface area (Å²) in [6, 6.07) is 19.3. The van der Waals surface area contributed by atoms with Crippen LogP contribution < -0.4 is 4.90 Å². The average Bonchev–Trinajstić information content (AvgIpc) is 3.09. The number of rotatable bonds is 2. The summed E-state index contributed by atoms with van der Waals surface area (Å²) in [6.45, 7) is 2.35. The van der Waals surface area contributed by atoms with E-state index >= 15 is 0 Å². The van der Waals surface area contributed by atoms with Gasteiger partial charge in [0.25, 0.3) is 0 Å². The third-order valence-corrected chi connectivity index (χ3v) is 4.26. The molecule has 1 aromatic heterocycles. The van der Waals surface area contributed by atoms with Crippen molar-refractivity contribution in [2.75, 3.05) is 18.0 Å². The van der Waals surface area contributed by atoms with Crippen LogP contribution in [0.3, 0.4) is 0 Å². The molecule has 0 radical (unpaired) electrons. The van der Waals surface area contributed by atoms with E-state index in [1.165, 1.54) is 48.0 Å². The zero-order valence-corrected chi connectivity index (χ0v) is 12.0. The van der Waals surface area contributed by atoms with Crippen molar-refractivity contribution in [3.05, 3.63) is 60.8 Å². The molecular weight excluding hydrogens is 256 g/mol. The fourth-order valence-corrected chi connectivity index (χ4v) is 3.17. The second-order valence-electron chi connectivity index (χ2n) is 5.63. The molecule has 1 saturated heterocycles. The van der Waals surface area contributed by atoms with E-state index in [9.17, 15) is 0 Å². The molecule has 1 aliphatic heterocycles. The van der Waals surface area contributed by atoms with Gasteiger partial charge >= 0.3 is 0 Å². The van der Waals surface area contributed by atoms with Gasteiger partial charge in [0.1, 0.15) is 0 Å². The lowest BCUT2D eigenvalue weighted by atomic mass is 10.0. The SMILES string of the molecule is c1cc(-c2nccc3ccccc23)cc(N2CCCC2)c1. The van der Waals surface area contributed by atoms with E-state index in [0.29, 0.717) is 0 Å². The van der Waals surface area contributed by atoms with Crippen LogP contribution in [0.2, 0.25) is 0 Å². The Kier molecular flexibility index (Phi) is 3.07. The van der Waals surface area contributed by atoms with E-state index in [-0.39, 0.29) is 0 Å². The van der Waals surface area contributed by atoms with E-state index in [4.69, 9.17) is 0 Å². The Bertz CT molecular complexity index is 768. The fourth-order valence-electron chi connectivity index (χ4n) is 3.17. The van der Waals surface area contributed by atoms with Gasteiger partial charge in [-0.15, -0.1) is 0 Å². The number of nitrogens with zero attached hydrogens (tertiary/aromatic N) is 2. The van der Waals surface area contributed by atoms with Gasteiger partial charge < -0.3 is 4.90 Å². The molecular formula is C19H18N2. The summed E-state index contributed by atoms with van der Waals surface area (Å²) < 4.78 is 0. The molecule has 2 aromatic carbocycles. The fraction of sp³-hybridized carbons (Fsp3) is 0.211. The summed E-state index contributed by atoms with van der Waals surface area (Å²) in [5.74, 6) is 0. The molecule has 3 aromatic rings. The van der Waals surface area contributed by atoms with E-state index in [2.05, 4.69) is 64.5 Å². The van der Waals surface area contributed by atoms with E-state index in [1.807, 2.05) is 6.20 Å². The van der Waals surface area contributed by atoms with Gasteiger partial charge in [-0.1, -0.05) is 36.4 Å². The van der Waals surface area contributed by atoms with Crippen molar-refractivity contribution in [2.24, 2.45) is 0 Å². The maximum atomic E-state index is 4.63. The zero-order valence-electron chi connectivity index (χ0n) is 12.0. The van der Waals surface area contributed by atoms with E-state index in [0.717, 1.165) is 5.69 Å². The number of pyridine rings is 1. The molecule has 1 fully saturated rings. The second-order valence-corrected chi connectivity index (χ2v) is 5.63. The first-order valence-corrected chi connectivity index (χ1v) is 7.61. The van der Waals surface area contributed by atoms with Gasteiger partial charge in [0.05, 0.1) is 5.69 Å². The number of fused-ring (bicyclic) bond motifs is 1. The predicted octanol–water partition coefficient (Wildman–Crippen LogP) is 4.50. The molecule has 2 heterocycles. The molecule has 0 saturated carbocycles. The summed E-state index contributed by atoms with van der Waals surface area (Å²) in [7, 11) is 0. The Morgan fingerprint density at radius 2 is 1.71 bits per heavy atom. The first-order chi connectivity index (χ1) is 10.4. The van der Waals surface area contributed by atoms with Gasteiger partial charge in [-0.3, -0.25) is 4.98 Å². The second kappa shape index (κ2) is 5.21. The average molecular weight is 274 g/mol. The zero-order chi connectivity index (χ0) is 14.1. The maximum absolute atomic E-state index is 4.63. The minimum Gasteiger partial charge on any atom is -0.372 e. The third kappa shape index (κ3) is 2.27. The van der Waals surface area contributed by atoms with Crippen LogP contribution in [-0.4, -0.2) is 18.1 Å². The molecule has 2 heteroatoms. The van der Waals surface area contributed by atoms with Crippen LogP contribution in [0.5, 0.6) is 0 Å². The number of hydrogen-bond acceptors (Lipinski definition) is 2. The number of aromatic nitrogens is 1. The lowest BCUT2D eigenvalue weighted by Gasteiger charge is -2.18. The minimum absolute atomic E-state index is 1.08. The summed E-state index contributed by atoms with van der Waals surface area (Å²) in [5, 5.41) is 2.47. The molecule has 0 unspecified atom stereocenters. The quantitative estimate of drug-likeness (QED) is 0.684. The third-order valence-electron chi connectivity index (χ3n) is 4.26. The molecule has 0 N–H and O–H groups in total. The highest BCUT2D eigenvalue weighted by Crippen LogP contribution is 2.30. The highest BCUT2D eigenvalue weighted by molar-refractivity contribution is 5.94. The molecule has 4 rings (SSSR count). The van der Waals surface area contributed by atoms with E-state index in [1.54, 1.807) is 0 Å². The topological polar surface area (TPSA) is 16.1 Å². The summed E-state index contributed by atoms with van der Waals surface area (Å²) in [4.78, 5) is 7.09. The highest BCUT2D eigenvalue weighted by atomic mass is 15.1. The number of anilines is 1. The Labute approximate surface area is 125 Å². The molecule has 21 heavy (non-hydrogen) atoms. The summed E-state index contributed by atoms with van der Waals surface area (Å²) in [5.41, 5.74) is 3.60. The Morgan fingerprint density at radius 3 is 2.62 bits per heavy atom. The molecule has 0 bridgehead atoms. The molecule has 0 spiro atoms. The van der Waals surface area contributed by atoms with Gasteiger partial charge in [-0.25, -0.2) is 0 Å². The molecule has 0 atom stereocenters. The van der Waals surface area contributed by atoms with Gasteiger partial charge in [0.15, 0.2) is 0 Å². The smallest absolute Gasteiger partial charge is 0.0781 e. The molecule has 2 nitrogen and oxygen atoms in total. The van der Waals surface area contributed by atoms with Crippen LogP contribution in [0.15, 0.2) is 60.8 Å². The van der Waals surface area contributed by atoms with E-state index < -0.39 is 0 Å². The summed E-state index contributed by atoms with van der Waals surface area (Å²) >= 11 is 0. The van der Waals surface area contributed by atoms with Crippen LogP contribution in [0.1, 0.15) is 12.8 Å². The van der Waals surface area contributed by atoms with Crippen LogP contribution in [0, 0.1) is 0 Å². The lowest BCUT2D eigenvalue weighted by Crippen LogP contribution is -2.17. The van der Waals surface area contributed by atoms with Crippen LogP contribution >= 0.6 is 0 Å². The largest absolute Gasteiger partial charge is 0.372 e. The maximum Gasteiger partial charge on any atom is 0.0781 e. The highest BCUT2D eigenvalue weighted by Gasteiger charge is 2.13. The lowest BCUT2D eigenvalue weighted by molar-refractivity contribution is 0.949. The van der Waals surface area contributed by atoms with Crippen molar-refractivity contribution < 1.29 is 0 Å². The van der Waals surface area contributed by atoms with Crippen LogP contribution in [0.4, 0.5) is 5.69 Å². The standard InChI is InChI=1S/C19H18N2/c1-2-9-18-15(6-1)10-11-20-19(18)16-7-5-8-17(14-16)21-12-3-4-13-21/h1-2,5-11,14H,3-4,12-13H2. The van der Waals surface area contributed by atoms with Crippen LogP contribution in [-0.2, 0) is 0 Å². The Balaban J connectivity index is 1.83. The van der Waals surface area contributed by atoms with Gasteiger partial charge in [0, 0.05) is 35.9 Å². The first kappa shape index (κ1) is 12.4. The molecule has 104 valence electrons. The van der Waals surface area contributed by atoms with Gasteiger partial charge in [0.2, 0.25) is 0 Å². The first-order valence-electron chi connectivity index (χ1n) is 7.61. The number of hydrogen-bond donors (Lipinski definition) is 0. The normalized spacial score (nSPS) is 14.8. The molecule has 0 amide bonds. The Morgan fingerprint density at radius 1 is 0.857 bits per heavy atom. The van der Waals surface area contributed by atoms with Crippen molar-refractivity contribution >= 4 is 16.5 Å². The van der Waals surface area contributed by atoms with Crippen molar-refractivity contribution in [1.82, 2.24) is 4.98 Å².